The number of nitrogens with two attached hydrogens (primary N) is 1. The first-order valence-corrected chi connectivity index (χ1v) is 7.69. The number of benzene rings is 2. The molecule has 7 heteroatoms. The quantitative estimate of drug-likeness (QED) is 0.490. The summed E-state index contributed by atoms with van der Waals surface area (Å²) in [6.07, 6.45) is 1.40. The number of phenolic OH excluding ortho intramolecular Hbond substituents is 1. The highest BCUT2D eigenvalue weighted by atomic mass is 16.3. The van der Waals surface area contributed by atoms with E-state index in [9.17, 15) is 5.11 Å². The third-order valence-corrected chi connectivity index (χ3v) is 4.30. The lowest BCUT2D eigenvalue weighted by Gasteiger charge is -2.07. The lowest BCUT2D eigenvalue weighted by Crippen LogP contribution is -2.02. The van der Waals surface area contributed by atoms with Crippen molar-refractivity contribution >= 4 is 38.7 Å². The first-order valence-electron chi connectivity index (χ1n) is 7.69. The number of anilines is 1. The molecule has 0 atom stereocenters. The van der Waals surface area contributed by atoms with E-state index < -0.39 is 0 Å². The normalized spacial score (nSPS) is 11.5. The van der Waals surface area contributed by atoms with Gasteiger partial charge in [-0.2, -0.15) is 0 Å². The summed E-state index contributed by atoms with van der Waals surface area (Å²) in [4.78, 5) is 8.17. The number of hydrogen-bond donors (Lipinski definition) is 2. The van der Waals surface area contributed by atoms with Crippen LogP contribution in [0.4, 0.5) is 5.82 Å². The molecule has 0 amide bonds. The van der Waals surface area contributed by atoms with Gasteiger partial charge in [-0.15, -0.1) is 10.2 Å². The van der Waals surface area contributed by atoms with Gasteiger partial charge in [0.05, 0.1) is 16.6 Å². The molecule has 5 aromatic rings. The van der Waals surface area contributed by atoms with Gasteiger partial charge in [0.15, 0.2) is 17.2 Å². The van der Waals surface area contributed by atoms with Crippen LogP contribution in [0, 0.1) is 0 Å². The maximum absolute atomic E-state index is 10.4. The van der Waals surface area contributed by atoms with Crippen LogP contribution in [0.2, 0.25) is 0 Å². The first-order chi connectivity index (χ1) is 12.2. The van der Waals surface area contributed by atoms with E-state index >= 15 is 0 Å². The number of rotatable bonds is 1. The van der Waals surface area contributed by atoms with Crippen LogP contribution in [0.1, 0.15) is 0 Å². The fraction of sp³-hybridized carbons (Fsp3) is 0. The highest BCUT2D eigenvalue weighted by Gasteiger charge is 2.16. The maximum Gasteiger partial charge on any atom is 0.162 e. The smallest absolute Gasteiger partial charge is 0.162 e. The van der Waals surface area contributed by atoms with E-state index in [1.807, 2.05) is 47.0 Å². The zero-order valence-electron chi connectivity index (χ0n) is 13.0. The molecule has 0 saturated heterocycles. The largest absolute Gasteiger partial charge is 0.507 e. The van der Waals surface area contributed by atoms with E-state index in [1.165, 1.54) is 6.33 Å². The van der Waals surface area contributed by atoms with Gasteiger partial charge in [0.25, 0.3) is 0 Å². The van der Waals surface area contributed by atoms with E-state index in [2.05, 4.69) is 20.2 Å². The van der Waals surface area contributed by atoms with Crippen molar-refractivity contribution in [1.82, 2.24) is 24.7 Å². The van der Waals surface area contributed by atoms with Crippen LogP contribution in [0.15, 0.2) is 54.9 Å². The van der Waals surface area contributed by atoms with E-state index in [1.54, 1.807) is 6.07 Å². The summed E-state index contributed by atoms with van der Waals surface area (Å²) in [6.45, 7) is 0. The Balaban J connectivity index is 1.93. The molecule has 2 aromatic carbocycles. The van der Waals surface area contributed by atoms with Gasteiger partial charge in [-0.25, -0.2) is 9.97 Å². The predicted octanol–water partition coefficient (Wildman–Crippen LogP) is 2.80. The molecule has 0 radical (unpaired) electrons. The van der Waals surface area contributed by atoms with Crippen molar-refractivity contribution in [1.29, 1.82) is 0 Å². The summed E-state index contributed by atoms with van der Waals surface area (Å²) >= 11 is 0. The average molecular weight is 328 g/mol. The molecule has 0 saturated carbocycles. The van der Waals surface area contributed by atoms with Crippen molar-refractivity contribution < 1.29 is 5.11 Å². The Morgan fingerprint density at radius 1 is 0.920 bits per heavy atom. The van der Waals surface area contributed by atoms with Gasteiger partial charge in [-0.3, -0.25) is 4.57 Å². The Kier molecular flexibility index (Phi) is 2.67. The molecule has 0 aliphatic heterocycles. The van der Waals surface area contributed by atoms with Crippen molar-refractivity contribution in [3.8, 4) is 11.6 Å². The van der Waals surface area contributed by atoms with Crippen molar-refractivity contribution in [3.63, 3.8) is 0 Å². The maximum atomic E-state index is 10.4. The van der Waals surface area contributed by atoms with Crippen LogP contribution in [0.25, 0.3) is 38.7 Å². The van der Waals surface area contributed by atoms with Gasteiger partial charge in [0.1, 0.15) is 12.1 Å². The molecular weight excluding hydrogens is 316 g/mol. The van der Waals surface area contributed by atoms with Crippen molar-refractivity contribution in [2.75, 3.05) is 5.73 Å². The summed E-state index contributed by atoms with van der Waals surface area (Å²) in [5.41, 5.74) is 8.68. The molecule has 5 rings (SSSR count). The van der Waals surface area contributed by atoms with Gasteiger partial charge >= 0.3 is 0 Å². The van der Waals surface area contributed by atoms with Gasteiger partial charge in [0, 0.05) is 16.8 Å². The molecule has 0 unspecified atom stereocenters. The number of fused-ring (bicyclic) bond motifs is 4. The molecule has 0 fully saturated rings. The van der Waals surface area contributed by atoms with Crippen LogP contribution in [-0.2, 0) is 0 Å². The molecule has 3 N–H and O–H groups in total. The minimum Gasteiger partial charge on any atom is -0.507 e. The number of nitrogen functional groups attached to an aromatic ring is 1. The molecule has 7 nitrogen and oxygen atoms in total. The topological polar surface area (TPSA) is 103 Å². The summed E-state index contributed by atoms with van der Waals surface area (Å²) in [7, 11) is 0. The van der Waals surface area contributed by atoms with Crippen LogP contribution < -0.4 is 5.73 Å². The number of nitrogens with zero attached hydrogens (tertiary/aromatic N) is 5. The minimum atomic E-state index is 0.229. The second-order valence-electron chi connectivity index (χ2n) is 5.72. The van der Waals surface area contributed by atoms with E-state index in [0.717, 1.165) is 21.8 Å². The van der Waals surface area contributed by atoms with Crippen molar-refractivity contribution in [3.05, 3.63) is 54.9 Å². The van der Waals surface area contributed by atoms with E-state index in [4.69, 9.17) is 5.73 Å². The van der Waals surface area contributed by atoms with Crippen LogP contribution in [0.3, 0.4) is 0 Å². The van der Waals surface area contributed by atoms with Crippen molar-refractivity contribution in [2.24, 2.45) is 0 Å². The minimum absolute atomic E-state index is 0.229. The number of aromatic nitrogens is 5. The molecule has 3 heterocycles. The fourth-order valence-corrected chi connectivity index (χ4v) is 3.22. The Morgan fingerprint density at radius 3 is 2.68 bits per heavy atom. The molecule has 0 aliphatic rings. The predicted molar refractivity (Wildman–Crippen MR) is 95.5 cm³/mol. The SMILES string of the molecule is Nc1ncnc2cc(-n3c4ccccc4c4c(O)cccc43)nnc12. The number of phenols is 1. The fourth-order valence-electron chi connectivity index (χ4n) is 3.22. The van der Waals surface area contributed by atoms with Gasteiger partial charge in [-0.05, 0) is 18.2 Å². The Hall–Kier alpha value is -3.74. The monoisotopic (exact) mass is 328 g/mol. The summed E-state index contributed by atoms with van der Waals surface area (Å²) < 4.78 is 1.95. The average Bonchev–Trinajstić information content (AvgIpc) is 2.97. The van der Waals surface area contributed by atoms with Crippen LogP contribution >= 0.6 is 0 Å². The third kappa shape index (κ3) is 1.86. The van der Waals surface area contributed by atoms with Crippen LogP contribution in [0.5, 0.6) is 5.75 Å². The zero-order chi connectivity index (χ0) is 17.0. The first kappa shape index (κ1) is 13.7. The lowest BCUT2D eigenvalue weighted by molar-refractivity contribution is 0.482. The van der Waals surface area contributed by atoms with E-state index in [-0.39, 0.29) is 5.75 Å². The Morgan fingerprint density at radius 2 is 1.76 bits per heavy atom. The van der Waals surface area contributed by atoms with Gasteiger partial charge < -0.3 is 10.8 Å². The van der Waals surface area contributed by atoms with Crippen LogP contribution in [-0.4, -0.2) is 29.8 Å². The second-order valence-corrected chi connectivity index (χ2v) is 5.72. The highest BCUT2D eigenvalue weighted by molar-refractivity contribution is 6.12. The lowest BCUT2D eigenvalue weighted by atomic mass is 10.1. The summed E-state index contributed by atoms with van der Waals surface area (Å²) in [5.74, 6) is 1.12. The molecule has 3 aromatic heterocycles. The van der Waals surface area contributed by atoms with E-state index in [0.29, 0.717) is 22.7 Å². The van der Waals surface area contributed by atoms with Gasteiger partial charge in [0.2, 0.25) is 0 Å². The number of para-hydroxylation sites is 1. The summed E-state index contributed by atoms with van der Waals surface area (Å²) in [5, 5.41) is 20.6. The molecule has 25 heavy (non-hydrogen) atoms. The third-order valence-electron chi connectivity index (χ3n) is 4.30. The molecule has 120 valence electrons. The van der Waals surface area contributed by atoms with Gasteiger partial charge in [-0.1, -0.05) is 24.3 Å². The second kappa shape index (κ2) is 4.88. The van der Waals surface area contributed by atoms with Crippen molar-refractivity contribution in [2.45, 2.75) is 0 Å². The Labute approximate surface area is 141 Å². The summed E-state index contributed by atoms with van der Waals surface area (Å²) in [6, 6.07) is 15.1. The Bertz CT molecular complexity index is 1280. The molecular formula is C18H12N6O. The standard InChI is InChI=1S/C18H12N6O/c19-18-17-11(20-9-21-18)8-15(22-23-17)24-12-5-2-1-4-10(12)16-13(24)6-3-7-14(16)25/h1-9,25H,(H2,19,20,21). The number of aromatic hydroxyl groups is 1. The molecule has 0 spiro atoms. The molecule has 0 bridgehead atoms. The number of hydrogen-bond acceptors (Lipinski definition) is 6. The zero-order valence-corrected chi connectivity index (χ0v) is 13.0. The molecule has 0 aliphatic carbocycles. The highest BCUT2D eigenvalue weighted by Crippen LogP contribution is 2.36.